The molecule has 1 N–H and O–H groups in total. The summed E-state index contributed by atoms with van der Waals surface area (Å²) in [7, 11) is 2.25. The summed E-state index contributed by atoms with van der Waals surface area (Å²) in [5.74, 6) is 0. The van der Waals surface area contributed by atoms with Crippen LogP contribution in [0, 0.1) is 0 Å². The van der Waals surface area contributed by atoms with Gasteiger partial charge in [0.25, 0.3) is 0 Å². The lowest BCUT2D eigenvalue weighted by molar-refractivity contribution is 0.169. The molecule has 3 heteroatoms. The van der Waals surface area contributed by atoms with Crippen LogP contribution in [-0.4, -0.2) is 61.7 Å². The number of hydrogen-bond donors (Lipinski definition) is 1. The fourth-order valence-electron chi connectivity index (χ4n) is 2.69. The van der Waals surface area contributed by atoms with E-state index in [0.717, 1.165) is 12.6 Å². The Morgan fingerprint density at radius 2 is 2.06 bits per heavy atom. The molecule has 0 radical (unpaired) electrons. The maximum Gasteiger partial charge on any atom is 0.0221 e. The summed E-state index contributed by atoms with van der Waals surface area (Å²) in [5.41, 5.74) is 0. The molecule has 0 spiro atoms. The van der Waals surface area contributed by atoms with Gasteiger partial charge in [-0.2, -0.15) is 0 Å². The quantitative estimate of drug-likeness (QED) is 0.766. The Labute approximate surface area is 101 Å². The van der Waals surface area contributed by atoms with Gasteiger partial charge in [-0.25, -0.2) is 0 Å². The summed E-state index contributed by atoms with van der Waals surface area (Å²) < 4.78 is 0. The van der Waals surface area contributed by atoms with Gasteiger partial charge in [-0.3, -0.25) is 4.90 Å². The number of nitrogens with zero attached hydrogens (tertiary/aromatic N) is 2. The molecule has 16 heavy (non-hydrogen) atoms. The molecule has 0 amide bonds. The second kappa shape index (κ2) is 7.25. The van der Waals surface area contributed by atoms with Crippen LogP contribution < -0.4 is 5.32 Å². The van der Waals surface area contributed by atoms with Crippen molar-refractivity contribution in [2.24, 2.45) is 0 Å². The molecule has 1 aliphatic rings. The molecule has 1 aliphatic heterocycles. The summed E-state index contributed by atoms with van der Waals surface area (Å²) in [6.07, 6.45) is 2.58. The zero-order valence-corrected chi connectivity index (χ0v) is 11.5. The molecule has 0 aromatic carbocycles. The summed E-state index contributed by atoms with van der Waals surface area (Å²) in [6, 6.07) is 1.36. The Balaban J connectivity index is 2.47. The van der Waals surface area contributed by atoms with Crippen molar-refractivity contribution < 1.29 is 0 Å². The number of rotatable bonds is 5. The third-order valence-electron chi connectivity index (χ3n) is 3.56. The number of nitrogens with one attached hydrogen (secondary N) is 1. The van der Waals surface area contributed by atoms with Crippen molar-refractivity contribution in [3.05, 3.63) is 0 Å². The van der Waals surface area contributed by atoms with Crippen molar-refractivity contribution in [2.75, 3.05) is 39.8 Å². The average Bonchev–Trinajstić information content (AvgIpc) is 2.41. The van der Waals surface area contributed by atoms with Gasteiger partial charge in [-0.1, -0.05) is 13.8 Å². The summed E-state index contributed by atoms with van der Waals surface area (Å²) in [6.45, 7) is 12.8. The van der Waals surface area contributed by atoms with Gasteiger partial charge in [-0.05, 0) is 46.4 Å². The van der Waals surface area contributed by atoms with Crippen LogP contribution in [0.15, 0.2) is 0 Å². The van der Waals surface area contributed by atoms with Crippen molar-refractivity contribution in [3.63, 3.8) is 0 Å². The Morgan fingerprint density at radius 1 is 1.31 bits per heavy atom. The fourth-order valence-corrected chi connectivity index (χ4v) is 2.69. The van der Waals surface area contributed by atoms with Gasteiger partial charge >= 0.3 is 0 Å². The van der Waals surface area contributed by atoms with Crippen molar-refractivity contribution in [1.82, 2.24) is 15.1 Å². The van der Waals surface area contributed by atoms with E-state index in [1.807, 2.05) is 0 Å². The molecule has 0 bridgehead atoms. The normalized spacial score (nSPS) is 26.6. The lowest BCUT2D eigenvalue weighted by atomic mass is 10.1. The van der Waals surface area contributed by atoms with Crippen LogP contribution in [0.3, 0.4) is 0 Å². The largest absolute Gasteiger partial charge is 0.313 e. The minimum Gasteiger partial charge on any atom is -0.313 e. The van der Waals surface area contributed by atoms with Gasteiger partial charge in [-0.15, -0.1) is 0 Å². The highest BCUT2D eigenvalue weighted by molar-refractivity contribution is 4.80. The molecule has 1 fully saturated rings. The fraction of sp³-hybridized carbons (Fsp3) is 1.00. The molecular weight excluding hydrogens is 198 g/mol. The molecule has 0 saturated carbocycles. The Bertz CT molecular complexity index is 184. The smallest absolute Gasteiger partial charge is 0.0221 e. The van der Waals surface area contributed by atoms with E-state index in [-0.39, 0.29) is 0 Å². The zero-order valence-electron chi connectivity index (χ0n) is 11.5. The lowest BCUT2D eigenvalue weighted by Gasteiger charge is -2.32. The van der Waals surface area contributed by atoms with Crippen LogP contribution >= 0.6 is 0 Å². The first-order valence-corrected chi connectivity index (χ1v) is 6.83. The number of hydrogen-bond acceptors (Lipinski definition) is 3. The third-order valence-corrected chi connectivity index (χ3v) is 3.56. The van der Waals surface area contributed by atoms with Gasteiger partial charge in [0, 0.05) is 25.2 Å². The lowest BCUT2D eigenvalue weighted by Crippen LogP contribution is -2.46. The third kappa shape index (κ3) is 4.40. The highest BCUT2D eigenvalue weighted by Gasteiger charge is 2.22. The highest BCUT2D eigenvalue weighted by Crippen LogP contribution is 2.12. The monoisotopic (exact) mass is 227 g/mol. The summed E-state index contributed by atoms with van der Waals surface area (Å²) >= 11 is 0. The number of likely N-dealkylation sites (N-methyl/N-ethyl adjacent to an activating group) is 2. The Morgan fingerprint density at radius 3 is 2.69 bits per heavy atom. The van der Waals surface area contributed by atoms with Crippen LogP contribution in [0.1, 0.15) is 33.6 Å². The van der Waals surface area contributed by atoms with Crippen molar-refractivity contribution >= 4 is 0 Å². The molecule has 0 aromatic rings. The predicted octanol–water partition coefficient (Wildman–Crippen LogP) is 1.40. The molecule has 96 valence electrons. The topological polar surface area (TPSA) is 18.5 Å². The van der Waals surface area contributed by atoms with E-state index in [9.17, 15) is 0 Å². The van der Waals surface area contributed by atoms with E-state index < -0.39 is 0 Å². The molecule has 2 atom stereocenters. The Kier molecular flexibility index (Phi) is 6.32. The van der Waals surface area contributed by atoms with E-state index >= 15 is 0 Å². The van der Waals surface area contributed by atoms with E-state index in [2.05, 4.69) is 42.9 Å². The van der Waals surface area contributed by atoms with Crippen LogP contribution in [0.25, 0.3) is 0 Å². The van der Waals surface area contributed by atoms with Crippen molar-refractivity contribution in [2.45, 2.75) is 45.7 Å². The van der Waals surface area contributed by atoms with E-state index in [0.29, 0.717) is 6.04 Å². The van der Waals surface area contributed by atoms with E-state index in [1.165, 1.54) is 39.0 Å². The molecule has 1 rings (SSSR count). The first kappa shape index (κ1) is 13.9. The van der Waals surface area contributed by atoms with Crippen LogP contribution in [-0.2, 0) is 0 Å². The Hall–Kier alpha value is -0.120. The minimum atomic E-state index is 0.613. The SMILES string of the molecule is CCNC(C)CN1CCCN(C)CC1CC. The maximum atomic E-state index is 3.51. The summed E-state index contributed by atoms with van der Waals surface area (Å²) in [5, 5.41) is 3.51. The predicted molar refractivity (Wildman–Crippen MR) is 70.9 cm³/mol. The van der Waals surface area contributed by atoms with Gasteiger partial charge in [0.15, 0.2) is 0 Å². The van der Waals surface area contributed by atoms with Gasteiger partial charge in [0.1, 0.15) is 0 Å². The first-order valence-electron chi connectivity index (χ1n) is 6.83. The maximum absolute atomic E-state index is 3.51. The standard InChI is InChI=1S/C13H29N3/c1-5-13-11-15(4)8-7-9-16(13)10-12(3)14-6-2/h12-14H,5-11H2,1-4H3. The van der Waals surface area contributed by atoms with Crippen molar-refractivity contribution in [3.8, 4) is 0 Å². The van der Waals surface area contributed by atoms with Crippen molar-refractivity contribution in [1.29, 1.82) is 0 Å². The molecule has 0 aliphatic carbocycles. The summed E-state index contributed by atoms with van der Waals surface area (Å²) in [4.78, 5) is 5.16. The van der Waals surface area contributed by atoms with Gasteiger partial charge < -0.3 is 10.2 Å². The molecule has 2 unspecified atom stereocenters. The van der Waals surface area contributed by atoms with Gasteiger partial charge in [0.05, 0.1) is 0 Å². The molecule has 1 heterocycles. The van der Waals surface area contributed by atoms with Crippen LogP contribution in [0.2, 0.25) is 0 Å². The minimum absolute atomic E-state index is 0.613. The van der Waals surface area contributed by atoms with E-state index in [1.54, 1.807) is 0 Å². The van der Waals surface area contributed by atoms with Crippen LogP contribution in [0.4, 0.5) is 0 Å². The van der Waals surface area contributed by atoms with E-state index in [4.69, 9.17) is 0 Å². The molecular formula is C13H29N3. The highest BCUT2D eigenvalue weighted by atomic mass is 15.2. The second-order valence-corrected chi connectivity index (χ2v) is 5.13. The zero-order chi connectivity index (χ0) is 12.0. The first-order chi connectivity index (χ1) is 7.67. The molecule has 0 aromatic heterocycles. The molecule has 3 nitrogen and oxygen atoms in total. The van der Waals surface area contributed by atoms with Crippen LogP contribution in [0.5, 0.6) is 0 Å². The average molecular weight is 227 g/mol. The molecule has 1 saturated heterocycles. The van der Waals surface area contributed by atoms with Gasteiger partial charge in [0.2, 0.25) is 0 Å². The second-order valence-electron chi connectivity index (χ2n) is 5.13.